The van der Waals surface area contributed by atoms with Crippen molar-refractivity contribution in [1.29, 1.82) is 0 Å². The van der Waals surface area contributed by atoms with Crippen LogP contribution in [0.3, 0.4) is 0 Å². The molecule has 0 aromatic carbocycles. The van der Waals surface area contributed by atoms with Gasteiger partial charge >= 0.3 is 22.6 Å². The lowest BCUT2D eigenvalue weighted by molar-refractivity contribution is -0.336. The first kappa shape index (κ1) is 21.4. The van der Waals surface area contributed by atoms with Gasteiger partial charge in [0.05, 0.1) is 11.7 Å². The topological polar surface area (TPSA) is 102 Å². The number of hydrogen-bond acceptors (Lipinski definition) is 4. The quantitative estimate of drug-likeness (QED) is 0.519. The van der Waals surface area contributed by atoms with Gasteiger partial charge in [-0.2, -0.15) is 17.6 Å². The van der Waals surface area contributed by atoms with Crippen LogP contribution in [0.25, 0.3) is 0 Å². The number of alkyl halides is 6. The third-order valence-corrected chi connectivity index (χ3v) is 3.01. The van der Waals surface area contributed by atoms with E-state index >= 15 is 0 Å². The average molecular weight is 376 g/mol. The molecule has 0 aromatic rings. The summed E-state index contributed by atoms with van der Waals surface area (Å²) in [5.74, 6) is -3.83. The minimum Gasteiger partial charge on any atom is -0.465 e. The van der Waals surface area contributed by atoms with Crippen LogP contribution in [0.4, 0.5) is 22.4 Å². The molecule has 0 bridgehead atoms. The highest BCUT2D eigenvalue weighted by molar-refractivity contribution is 6.26. The zero-order chi connectivity index (χ0) is 18.1. The largest absolute Gasteiger partial charge is 0.465 e. The van der Waals surface area contributed by atoms with E-state index in [4.69, 9.17) is 9.90 Å². The highest BCUT2D eigenvalue weighted by Gasteiger charge is 2.76. The van der Waals surface area contributed by atoms with E-state index in [9.17, 15) is 22.7 Å². The van der Waals surface area contributed by atoms with Crippen LogP contribution in [0.15, 0.2) is 0 Å². The molecule has 0 aliphatic carbocycles. The Morgan fingerprint density at radius 1 is 1.18 bits per heavy atom. The number of hydrogen-bond donors (Lipinski definition) is 3. The van der Waals surface area contributed by atoms with Crippen molar-refractivity contribution in [2.45, 2.75) is 55.1 Å². The molecule has 2 unspecified atom stereocenters. The van der Waals surface area contributed by atoms with Gasteiger partial charge in [-0.15, -0.1) is 0 Å². The summed E-state index contributed by atoms with van der Waals surface area (Å²) < 4.78 is 61.7. The Morgan fingerprint density at radius 3 is 1.64 bits per heavy atom. The highest BCUT2D eigenvalue weighted by atomic mass is 35.5. The number of amides is 1. The molecule has 1 aliphatic heterocycles. The Morgan fingerprint density at radius 2 is 1.50 bits per heavy atom. The van der Waals surface area contributed by atoms with Gasteiger partial charge in [0.1, 0.15) is 6.10 Å². The molecule has 1 saturated heterocycles. The van der Waals surface area contributed by atoms with Crippen LogP contribution in [-0.4, -0.2) is 50.7 Å². The number of halogens is 6. The smallest absolute Gasteiger partial charge is 0.402 e. The molecule has 0 aromatic heterocycles. The Balaban J connectivity index is 0.000000980. The SMILES string of the molecule is CC1OC(C(F)(F)Cl)(C(F)(F)Cl)OC1C(C)(C)O.NC(=O)O. The van der Waals surface area contributed by atoms with E-state index in [-0.39, 0.29) is 0 Å². The number of rotatable bonds is 3. The van der Waals surface area contributed by atoms with Crippen LogP contribution >= 0.6 is 23.2 Å². The third kappa shape index (κ3) is 4.72. The summed E-state index contributed by atoms with van der Waals surface area (Å²) in [5, 5.41) is 7.71. The highest BCUT2D eigenvalue weighted by Crippen LogP contribution is 2.54. The summed E-state index contributed by atoms with van der Waals surface area (Å²) in [7, 11) is 0. The fourth-order valence-electron chi connectivity index (χ4n) is 1.77. The van der Waals surface area contributed by atoms with Crippen molar-refractivity contribution < 1.29 is 42.0 Å². The summed E-state index contributed by atoms with van der Waals surface area (Å²) in [6.45, 7) is 3.59. The standard InChI is InChI=1S/C9H12Cl2F4O3.CH3NO2/c1-4-5(6(2,3)16)18-7(17-4,8(10,12)13)9(11,14)15;2-1(3)4/h4-5,16H,1-3H3;2H2,(H,3,4). The van der Waals surface area contributed by atoms with Crippen molar-refractivity contribution in [3.05, 3.63) is 0 Å². The summed E-state index contributed by atoms with van der Waals surface area (Å²) in [6, 6.07) is 0. The third-order valence-electron chi connectivity index (χ3n) is 2.51. The van der Waals surface area contributed by atoms with E-state index < -0.39 is 40.5 Å². The Kier molecular flexibility index (Phi) is 6.36. The second-order valence-electron chi connectivity index (χ2n) is 4.97. The minimum absolute atomic E-state index is 1.19. The van der Waals surface area contributed by atoms with Gasteiger partial charge in [-0.25, -0.2) is 4.79 Å². The monoisotopic (exact) mass is 375 g/mol. The van der Waals surface area contributed by atoms with Crippen LogP contribution in [0.1, 0.15) is 20.8 Å². The van der Waals surface area contributed by atoms with Crippen LogP contribution in [0, 0.1) is 0 Å². The van der Waals surface area contributed by atoms with Gasteiger partial charge in [-0.05, 0) is 44.0 Å². The lowest BCUT2D eigenvalue weighted by Crippen LogP contribution is -2.57. The minimum atomic E-state index is -4.58. The van der Waals surface area contributed by atoms with Crippen molar-refractivity contribution >= 4 is 29.3 Å². The fourth-order valence-corrected chi connectivity index (χ4v) is 2.24. The van der Waals surface area contributed by atoms with E-state index in [1.807, 2.05) is 0 Å². The zero-order valence-corrected chi connectivity index (χ0v) is 13.1. The first-order valence-corrected chi connectivity index (χ1v) is 6.41. The number of ether oxygens (including phenoxy) is 2. The maximum absolute atomic E-state index is 13.2. The van der Waals surface area contributed by atoms with Gasteiger partial charge in [-0.3, -0.25) is 0 Å². The molecule has 1 rings (SSSR count). The van der Waals surface area contributed by atoms with Crippen molar-refractivity contribution in [3.63, 3.8) is 0 Å². The normalized spacial score (nSPS) is 25.4. The Hall–Kier alpha value is -0.550. The molecule has 1 amide bonds. The van der Waals surface area contributed by atoms with Crippen molar-refractivity contribution in [3.8, 4) is 0 Å². The van der Waals surface area contributed by atoms with Crippen LogP contribution < -0.4 is 5.73 Å². The van der Waals surface area contributed by atoms with E-state index in [1.54, 1.807) is 0 Å². The molecule has 1 heterocycles. The number of carboxylic acid groups (broad SMARTS) is 1. The predicted molar refractivity (Wildman–Crippen MR) is 68.3 cm³/mol. The maximum Gasteiger partial charge on any atom is 0.402 e. The average Bonchev–Trinajstić information content (AvgIpc) is 2.53. The Bertz CT molecular complexity index is 390. The second kappa shape index (κ2) is 6.52. The number of aliphatic hydroxyl groups is 1. The summed E-state index contributed by atoms with van der Waals surface area (Å²) in [4.78, 5) is 8.78. The molecular weight excluding hydrogens is 361 g/mol. The van der Waals surface area contributed by atoms with Crippen LogP contribution in [-0.2, 0) is 9.47 Å². The predicted octanol–water partition coefficient (Wildman–Crippen LogP) is 2.54. The van der Waals surface area contributed by atoms with Gasteiger partial charge in [0, 0.05) is 0 Å². The van der Waals surface area contributed by atoms with Crippen LogP contribution in [0.5, 0.6) is 0 Å². The molecule has 1 fully saturated rings. The lowest BCUT2D eigenvalue weighted by Gasteiger charge is -2.35. The number of nitrogens with two attached hydrogens (primary N) is 1. The molecule has 22 heavy (non-hydrogen) atoms. The lowest BCUT2D eigenvalue weighted by atomic mass is 9.98. The molecule has 0 spiro atoms. The molecular formula is C10H15Cl2F4NO5. The molecule has 6 nitrogen and oxygen atoms in total. The van der Waals surface area contributed by atoms with E-state index in [0.29, 0.717) is 0 Å². The van der Waals surface area contributed by atoms with Gasteiger partial charge in [0.2, 0.25) is 0 Å². The van der Waals surface area contributed by atoms with E-state index in [2.05, 4.69) is 38.4 Å². The van der Waals surface area contributed by atoms with Crippen molar-refractivity contribution in [2.75, 3.05) is 0 Å². The second-order valence-corrected chi connectivity index (χ2v) is 5.91. The Labute approximate surface area is 133 Å². The maximum atomic E-state index is 13.2. The molecule has 1 aliphatic rings. The molecule has 2 atom stereocenters. The van der Waals surface area contributed by atoms with Gasteiger partial charge in [0.25, 0.3) is 0 Å². The van der Waals surface area contributed by atoms with Crippen LogP contribution in [0.2, 0.25) is 0 Å². The summed E-state index contributed by atoms with van der Waals surface area (Å²) in [5.41, 5.74) is 2.34. The molecule has 0 radical (unpaired) electrons. The molecule has 0 saturated carbocycles. The number of primary amides is 1. The molecule has 4 N–H and O–H groups in total. The first-order chi connectivity index (χ1) is 9.46. The van der Waals surface area contributed by atoms with E-state index in [0.717, 1.165) is 0 Å². The molecule has 132 valence electrons. The van der Waals surface area contributed by atoms with Gasteiger partial charge in [0.15, 0.2) is 0 Å². The fraction of sp³-hybridized carbons (Fsp3) is 0.900. The van der Waals surface area contributed by atoms with Gasteiger partial charge in [-0.1, -0.05) is 0 Å². The summed E-state index contributed by atoms with van der Waals surface area (Å²) in [6.07, 6.45) is -4.02. The number of carbonyl (C=O) groups is 1. The summed E-state index contributed by atoms with van der Waals surface area (Å²) >= 11 is 9.26. The van der Waals surface area contributed by atoms with Gasteiger partial charge < -0.3 is 25.4 Å². The molecule has 12 heteroatoms. The van der Waals surface area contributed by atoms with Crippen molar-refractivity contribution in [1.82, 2.24) is 0 Å². The van der Waals surface area contributed by atoms with E-state index in [1.165, 1.54) is 20.8 Å². The first-order valence-electron chi connectivity index (χ1n) is 5.65. The zero-order valence-electron chi connectivity index (χ0n) is 11.6. The van der Waals surface area contributed by atoms with Crippen molar-refractivity contribution in [2.24, 2.45) is 5.73 Å².